The molecule has 18 heavy (non-hydrogen) atoms. The molecule has 0 atom stereocenters. The van der Waals surface area contributed by atoms with Crippen molar-refractivity contribution in [2.24, 2.45) is 0 Å². The van der Waals surface area contributed by atoms with Gasteiger partial charge >= 0.3 is 5.97 Å². The first-order valence-electron chi connectivity index (χ1n) is 5.44. The van der Waals surface area contributed by atoms with E-state index in [1.165, 1.54) is 18.2 Å². The van der Waals surface area contributed by atoms with Crippen LogP contribution < -0.4 is 4.90 Å². The number of fused-ring (bicyclic) bond motifs is 1. The summed E-state index contributed by atoms with van der Waals surface area (Å²) < 4.78 is 24.8. The van der Waals surface area contributed by atoms with Gasteiger partial charge < -0.3 is 10.0 Å². The molecule has 0 radical (unpaired) electrons. The van der Waals surface area contributed by atoms with E-state index < -0.39 is 18.9 Å². The molecule has 0 unspecified atom stereocenters. The summed E-state index contributed by atoms with van der Waals surface area (Å²) in [6.07, 6.45) is -2.10. The fourth-order valence-electron chi connectivity index (χ4n) is 2.03. The molecule has 0 saturated carbocycles. The molecule has 0 fully saturated rings. The number of anilines is 1. The molecular weight excluding hydrogens is 244 g/mol. The minimum atomic E-state index is -2.61. The van der Waals surface area contributed by atoms with Gasteiger partial charge in [0.2, 0.25) is 5.91 Å². The average Bonchev–Trinajstić information content (AvgIpc) is 2.31. The van der Waals surface area contributed by atoms with Crippen molar-refractivity contribution < 1.29 is 23.5 Å². The Morgan fingerprint density at radius 1 is 1.39 bits per heavy atom. The number of halogens is 2. The number of hydrogen-bond donors (Lipinski definition) is 1. The van der Waals surface area contributed by atoms with E-state index in [4.69, 9.17) is 5.11 Å². The fourth-order valence-corrected chi connectivity index (χ4v) is 2.03. The van der Waals surface area contributed by atoms with Gasteiger partial charge in [-0.1, -0.05) is 0 Å². The predicted octanol–water partition coefficient (Wildman–Crippen LogP) is 1.93. The third-order valence-corrected chi connectivity index (χ3v) is 2.85. The van der Waals surface area contributed by atoms with Crippen LogP contribution in [0.15, 0.2) is 18.2 Å². The minimum absolute atomic E-state index is 0.0973. The molecule has 0 aromatic heterocycles. The Morgan fingerprint density at radius 2 is 2.11 bits per heavy atom. The normalized spacial score (nSPS) is 14.8. The van der Waals surface area contributed by atoms with Gasteiger partial charge in [-0.2, -0.15) is 0 Å². The number of hydrogen-bond acceptors (Lipinski definition) is 2. The van der Waals surface area contributed by atoms with Gasteiger partial charge in [0.05, 0.1) is 12.1 Å². The molecule has 2 rings (SSSR count). The molecule has 1 aliphatic rings. The van der Waals surface area contributed by atoms with E-state index in [9.17, 15) is 18.4 Å². The van der Waals surface area contributed by atoms with Crippen molar-refractivity contribution in [3.63, 3.8) is 0 Å². The summed E-state index contributed by atoms with van der Waals surface area (Å²) in [5.74, 6) is -1.43. The molecule has 0 spiro atoms. The number of carbonyl (C=O) groups excluding carboxylic acids is 1. The second-order valence-corrected chi connectivity index (χ2v) is 4.04. The maximum atomic E-state index is 12.4. The summed E-state index contributed by atoms with van der Waals surface area (Å²) in [5, 5.41) is 8.85. The Morgan fingerprint density at radius 3 is 2.72 bits per heavy atom. The molecule has 1 aromatic carbocycles. The van der Waals surface area contributed by atoms with Gasteiger partial charge in [0.15, 0.2) is 0 Å². The molecule has 0 saturated heterocycles. The number of benzene rings is 1. The molecule has 0 bridgehead atoms. The molecule has 1 aliphatic heterocycles. The van der Waals surface area contributed by atoms with Gasteiger partial charge in [0.25, 0.3) is 6.43 Å². The van der Waals surface area contributed by atoms with Crippen molar-refractivity contribution in [3.8, 4) is 0 Å². The molecule has 4 nitrogen and oxygen atoms in total. The highest BCUT2D eigenvalue weighted by Gasteiger charge is 2.27. The molecule has 1 heterocycles. The Bertz CT molecular complexity index is 502. The molecule has 6 heteroatoms. The van der Waals surface area contributed by atoms with Crippen LogP contribution in [0.3, 0.4) is 0 Å². The van der Waals surface area contributed by atoms with E-state index in [0.29, 0.717) is 17.7 Å². The first kappa shape index (κ1) is 12.5. The maximum absolute atomic E-state index is 12.4. The number of aryl methyl sites for hydroxylation is 1. The highest BCUT2D eigenvalue weighted by molar-refractivity contribution is 5.97. The summed E-state index contributed by atoms with van der Waals surface area (Å²) in [5.41, 5.74) is 1.10. The molecular formula is C12H11F2NO3. The second-order valence-electron chi connectivity index (χ2n) is 4.04. The predicted molar refractivity (Wildman–Crippen MR) is 60.1 cm³/mol. The first-order chi connectivity index (χ1) is 8.49. The Labute approximate surface area is 102 Å². The summed E-state index contributed by atoms with van der Waals surface area (Å²) in [4.78, 5) is 23.4. The molecule has 1 amide bonds. The first-order valence-corrected chi connectivity index (χ1v) is 5.44. The number of carboxylic acids is 1. The van der Waals surface area contributed by atoms with E-state index in [2.05, 4.69) is 0 Å². The summed E-state index contributed by atoms with van der Waals surface area (Å²) in [7, 11) is 0. The third-order valence-electron chi connectivity index (χ3n) is 2.85. The van der Waals surface area contributed by atoms with E-state index in [1.54, 1.807) is 0 Å². The van der Waals surface area contributed by atoms with Gasteiger partial charge in [-0.15, -0.1) is 0 Å². The number of rotatable bonds is 3. The highest BCUT2D eigenvalue weighted by Crippen LogP contribution is 2.29. The van der Waals surface area contributed by atoms with Crippen molar-refractivity contribution in [1.82, 2.24) is 0 Å². The number of amides is 1. The fraction of sp³-hybridized carbons (Fsp3) is 0.333. The Balaban J connectivity index is 2.38. The van der Waals surface area contributed by atoms with Crippen molar-refractivity contribution in [3.05, 3.63) is 29.3 Å². The van der Waals surface area contributed by atoms with Crippen molar-refractivity contribution in [1.29, 1.82) is 0 Å². The lowest BCUT2D eigenvalue weighted by atomic mass is 9.98. The van der Waals surface area contributed by atoms with Crippen LogP contribution >= 0.6 is 0 Å². The number of aromatic carboxylic acids is 1. The van der Waals surface area contributed by atoms with Crippen molar-refractivity contribution in [2.45, 2.75) is 19.3 Å². The highest BCUT2D eigenvalue weighted by atomic mass is 19.3. The number of nitrogens with zero attached hydrogens (tertiary/aromatic N) is 1. The summed E-state index contributed by atoms with van der Waals surface area (Å²) in [6.45, 7) is -0.655. The van der Waals surface area contributed by atoms with E-state index in [1.807, 2.05) is 0 Å². The average molecular weight is 255 g/mol. The van der Waals surface area contributed by atoms with Crippen LogP contribution in [0, 0.1) is 0 Å². The molecule has 1 N–H and O–H groups in total. The molecule has 96 valence electrons. The SMILES string of the molecule is O=C(O)c1ccc2c(c1)CCC(=O)N2CC(F)F. The van der Waals surface area contributed by atoms with E-state index in [-0.39, 0.29) is 17.9 Å². The number of carboxylic acid groups (broad SMARTS) is 1. The standard InChI is InChI=1S/C12H11F2NO3/c13-10(14)6-15-9-3-1-8(12(17)18)5-7(9)2-4-11(15)16/h1,3,5,10H,2,4,6H2,(H,17,18). The van der Waals surface area contributed by atoms with Crippen LogP contribution in [-0.2, 0) is 11.2 Å². The number of alkyl halides is 2. The molecule has 1 aromatic rings. The summed E-state index contributed by atoms with van der Waals surface area (Å²) >= 11 is 0. The largest absolute Gasteiger partial charge is 0.478 e. The lowest BCUT2D eigenvalue weighted by Gasteiger charge is -2.29. The summed E-state index contributed by atoms with van der Waals surface area (Å²) in [6, 6.07) is 4.17. The topological polar surface area (TPSA) is 57.6 Å². The third kappa shape index (κ3) is 2.32. The lowest BCUT2D eigenvalue weighted by Crippen LogP contribution is -2.38. The number of carbonyl (C=O) groups is 2. The minimum Gasteiger partial charge on any atom is -0.478 e. The smallest absolute Gasteiger partial charge is 0.335 e. The zero-order valence-corrected chi connectivity index (χ0v) is 9.40. The quantitative estimate of drug-likeness (QED) is 0.897. The lowest BCUT2D eigenvalue weighted by molar-refractivity contribution is -0.119. The van der Waals surface area contributed by atoms with Gasteiger partial charge in [0.1, 0.15) is 0 Å². The van der Waals surface area contributed by atoms with Gasteiger partial charge in [-0.3, -0.25) is 4.79 Å². The van der Waals surface area contributed by atoms with Crippen LogP contribution in [0.2, 0.25) is 0 Å². The maximum Gasteiger partial charge on any atom is 0.335 e. The van der Waals surface area contributed by atoms with E-state index in [0.717, 1.165) is 4.90 Å². The van der Waals surface area contributed by atoms with Crippen LogP contribution in [-0.4, -0.2) is 30.0 Å². The second kappa shape index (κ2) is 4.72. The van der Waals surface area contributed by atoms with Crippen LogP contribution in [0.4, 0.5) is 14.5 Å². The monoisotopic (exact) mass is 255 g/mol. The zero-order valence-electron chi connectivity index (χ0n) is 9.40. The zero-order chi connectivity index (χ0) is 13.3. The van der Waals surface area contributed by atoms with E-state index >= 15 is 0 Å². The molecule has 0 aliphatic carbocycles. The van der Waals surface area contributed by atoms with Crippen LogP contribution in [0.1, 0.15) is 22.3 Å². The van der Waals surface area contributed by atoms with Gasteiger partial charge in [-0.25, -0.2) is 13.6 Å². The van der Waals surface area contributed by atoms with Crippen molar-refractivity contribution in [2.75, 3.05) is 11.4 Å². The van der Waals surface area contributed by atoms with Gasteiger partial charge in [0, 0.05) is 12.1 Å². The Kier molecular flexibility index (Phi) is 3.27. The van der Waals surface area contributed by atoms with Gasteiger partial charge in [-0.05, 0) is 30.2 Å². The van der Waals surface area contributed by atoms with Crippen LogP contribution in [0.5, 0.6) is 0 Å². The van der Waals surface area contributed by atoms with Crippen molar-refractivity contribution >= 4 is 17.6 Å². The van der Waals surface area contributed by atoms with Crippen LogP contribution in [0.25, 0.3) is 0 Å². The Hall–Kier alpha value is -1.98.